The smallest absolute Gasteiger partial charge is 0.270 e. The van der Waals surface area contributed by atoms with Crippen LogP contribution >= 0.6 is 0 Å². The van der Waals surface area contributed by atoms with Crippen molar-refractivity contribution in [2.24, 2.45) is 4.99 Å². The summed E-state index contributed by atoms with van der Waals surface area (Å²) in [5.41, 5.74) is 3.71. The van der Waals surface area contributed by atoms with Crippen LogP contribution in [0.1, 0.15) is 16.7 Å². The van der Waals surface area contributed by atoms with E-state index in [2.05, 4.69) is 17.1 Å². The predicted molar refractivity (Wildman–Crippen MR) is 93.4 cm³/mol. The molecule has 0 bridgehead atoms. The van der Waals surface area contributed by atoms with E-state index in [1.54, 1.807) is 0 Å². The second-order valence-corrected chi connectivity index (χ2v) is 5.84. The Morgan fingerprint density at radius 1 is 1.08 bits per heavy atom. The molecule has 0 atom stereocenters. The van der Waals surface area contributed by atoms with Gasteiger partial charge in [0.1, 0.15) is 5.75 Å². The van der Waals surface area contributed by atoms with Gasteiger partial charge in [0, 0.05) is 29.3 Å². The number of hydrogen-bond acceptors (Lipinski definition) is 4. The molecule has 0 saturated carbocycles. The molecule has 3 aromatic rings. The first kappa shape index (κ1) is 14.4. The average Bonchev–Trinajstić information content (AvgIpc) is 3.00. The first-order valence-corrected chi connectivity index (χ1v) is 7.68. The highest BCUT2D eigenvalue weighted by Gasteiger charge is 2.15. The number of aryl methyl sites for hydroxylation is 2. The molecule has 0 radical (unpaired) electrons. The molecular weight excluding hydrogens is 304 g/mol. The average molecular weight is 318 g/mol. The van der Waals surface area contributed by atoms with E-state index >= 15 is 0 Å². The molecule has 0 saturated heterocycles. The predicted octanol–water partition coefficient (Wildman–Crippen LogP) is 4.30. The molecule has 1 N–H and O–H groups in total. The van der Waals surface area contributed by atoms with Crippen LogP contribution in [0, 0.1) is 10.1 Å². The third-order valence-corrected chi connectivity index (χ3v) is 4.42. The molecule has 1 aliphatic carbocycles. The number of benzene rings is 3. The number of aromatic hydroxyl groups is 1. The van der Waals surface area contributed by atoms with E-state index in [-0.39, 0.29) is 11.4 Å². The van der Waals surface area contributed by atoms with E-state index < -0.39 is 4.92 Å². The molecule has 0 aromatic heterocycles. The van der Waals surface area contributed by atoms with Gasteiger partial charge in [-0.3, -0.25) is 15.1 Å². The fourth-order valence-electron chi connectivity index (χ4n) is 3.24. The second kappa shape index (κ2) is 5.45. The Bertz CT molecular complexity index is 999. The SMILES string of the molecule is O=[N+]([O-])c1ccc(O)c(C=Nc2ccc3c4c(cccc24)CC3)c1. The molecule has 5 heteroatoms. The number of aliphatic imine (C=N–C) groups is 1. The van der Waals surface area contributed by atoms with Crippen molar-refractivity contribution in [2.45, 2.75) is 12.8 Å². The van der Waals surface area contributed by atoms with E-state index in [1.165, 1.54) is 40.9 Å². The van der Waals surface area contributed by atoms with Gasteiger partial charge in [0.2, 0.25) is 0 Å². The van der Waals surface area contributed by atoms with Crippen molar-refractivity contribution in [2.75, 3.05) is 0 Å². The van der Waals surface area contributed by atoms with Gasteiger partial charge in [-0.25, -0.2) is 0 Å². The number of phenolic OH excluding ortho intramolecular Hbond substituents is 1. The van der Waals surface area contributed by atoms with Crippen molar-refractivity contribution in [1.29, 1.82) is 0 Å². The van der Waals surface area contributed by atoms with Crippen LogP contribution in [-0.4, -0.2) is 16.2 Å². The first-order valence-electron chi connectivity index (χ1n) is 7.68. The lowest BCUT2D eigenvalue weighted by Crippen LogP contribution is -1.90. The molecule has 0 spiro atoms. The van der Waals surface area contributed by atoms with Crippen LogP contribution in [0.2, 0.25) is 0 Å². The molecule has 4 rings (SSSR count). The van der Waals surface area contributed by atoms with Crippen LogP contribution in [0.15, 0.2) is 53.5 Å². The summed E-state index contributed by atoms with van der Waals surface area (Å²) in [6, 6.07) is 14.1. The molecule has 5 nitrogen and oxygen atoms in total. The molecule has 118 valence electrons. The van der Waals surface area contributed by atoms with E-state index in [1.807, 2.05) is 18.2 Å². The summed E-state index contributed by atoms with van der Waals surface area (Å²) < 4.78 is 0. The summed E-state index contributed by atoms with van der Waals surface area (Å²) in [5.74, 6) is -0.0321. The largest absolute Gasteiger partial charge is 0.507 e. The molecule has 0 heterocycles. The third-order valence-electron chi connectivity index (χ3n) is 4.42. The highest BCUT2D eigenvalue weighted by atomic mass is 16.6. The Balaban J connectivity index is 1.80. The molecular formula is C19H14N2O3. The van der Waals surface area contributed by atoms with Crippen molar-refractivity contribution in [1.82, 2.24) is 0 Å². The molecule has 0 fully saturated rings. The quantitative estimate of drug-likeness (QED) is 0.444. The van der Waals surface area contributed by atoms with Gasteiger partial charge in [0.05, 0.1) is 10.6 Å². The number of nitro benzene ring substituents is 1. The minimum Gasteiger partial charge on any atom is -0.507 e. The fraction of sp³-hybridized carbons (Fsp3) is 0.105. The number of nitro groups is 1. The van der Waals surface area contributed by atoms with E-state index in [0.29, 0.717) is 5.56 Å². The molecule has 1 aliphatic rings. The molecule has 0 unspecified atom stereocenters. The Kier molecular flexibility index (Phi) is 3.27. The monoisotopic (exact) mass is 318 g/mol. The molecule has 0 aliphatic heterocycles. The maximum atomic E-state index is 10.9. The number of non-ortho nitro benzene ring substituents is 1. The standard InChI is InChI=1S/C19H14N2O3/c22-18-9-7-15(21(23)24)10-14(18)11-20-17-8-6-13-5-4-12-2-1-3-16(17)19(12)13/h1-3,6-11,22H,4-5H2. The molecule has 3 aromatic carbocycles. The summed E-state index contributed by atoms with van der Waals surface area (Å²) in [5, 5.41) is 23.1. The van der Waals surface area contributed by atoms with Gasteiger partial charge >= 0.3 is 0 Å². The van der Waals surface area contributed by atoms with E-state index in [9.17, 15) is 15.2 Å². The number of nitrogens with zero attached hydrogens (tertiary/aromatic N) is 2. The summed E-state index contributed by atoms with van der Waals surface area (Å²) in [6.45, 7) is 0. The van der Waals surface area contributed by atoms with Gasteiger partial charge in [-0.2, -0.15) is 0 Å². The van der Waals surface area contributed by atoms with Crippen LogP contribution < -0.4 is 0 Å². The zero-order chi connectivity index (χ0) is 16.7. The van der Waals surface area contributed by atoms with Crippen LogP contribution in [0.5, 0.6) is 5.75 Å². The van der Waals surface area contributed by atoms with Gasteiger partial charge in [-0.1, -0.05) is 24.3 Å². The van der Waals surface area contributed by atoms with Crippen LogP contribution in [0.4, 0.5) is 11.4 Å². The van der Waals surface area contributed by atoms with Crippen LogP contribution in [0.25, 0.3) is 10.8 Å². The first-order chi connectivity index (χ1) is 11.6. The minimum atomic E-state index is -0.490. The third kappa shape index (κ3) is 2.31. The second-order valence-electron chi connectivity index (χ2n) is 5.84. The summed E-state index contributed by atoms with van der Waals surface area (Å²) in [6.07, 6.45) is 3.57. The van der Waals surface area contributed by atoms with Crippen molar-refractivity contribution in [3.8, 4) is 5.75 Å². The Morgan fingerprint density at radius 2 is 1.88 bits per heavy atom. The van der Waals surface area contributed by atoms with Crippen molar-refractivity contribution in [3.63, 3.8) is 0 Å². The number of rotatable bonds is 3. The summed E-state index contributed by atoms with van der Waals surface area (Å²) in [7, 11) is 0. The van der Waals surface area contributed by atoms with E-state index in [0.717, 1.165) is 23.9 Å². The summed E-state index contributed by atoms with van der Waals surface area (Å²) in [4.78, 5) is 14.9. The highest BCUT2D eigenvalue weighted by molar-refractivity contribution is 6.00. The Morgan fingerprint density at radius 3 is 2.67 bits per heavy atom. The zero-order valence-electron chi connectivity index (χ0n) is 12.8. The number of phenols is 1. The minimum absolute atomic E-state index is 0.0321. The van der Waals surface area contributed by atoms with Gasteiger partial charge in [-0.05, 0) is 41.5 Å². The Hall–Kier alpha value is -3.21. The molecule has 24 heavy (non-hydrogen) atoms. The van der Waals surface area contributed by atoms with Gasteiger partial charge in [-0.15, -0.1) is 0 Å². The lowest BCUT2D eigenvalue weighted by Gasteiger charge is -2.05. The lowest BCUT2D eigenvalue weighted by molar-refractivity contribution is -0.384. The Labute approximate surface area is 138 Å². The van der Waals surface area contributed by atoms with Crippen molar-refractivity contribution in [3.05, 3.63) is 75.3 Å². The lowest BCUT2D eigenvalue weighted by atomic mass is 10.0. The van der Waals surface area contributed by atoms with Crippen molar-refractivity contribution >= 4 is 28.4 Å². The number of hydrogen-bond donors (Lipinski definition) is 1. The fourth-order valence-corrected chi connectivity index (χ4v) is 3.24. The van der Waals surface area contributed by atoms with Gasteiger partial charge in [0.25, 0.3) is 5.69 Å². The normalized spacial score (nSPS) is 13.0. The van der Waals surface area contributed by atoms with Crippen LogP contribution in [-0.2, 0) is 12.8 Å². The summed E-state index contributed by atoms with van der Waals surface area (Å²) >= 11 is 0. The van der Waals surface area contributed by atoms with Gasteiger partial charge < -0.3 is 5.11 Å². The molecule has 0 amide bonds. The van der Waals surface area contributed by atoms with Crippen molar-refractivity contribution < 1.29 is 10.0 Å². The highest BCUT2D eigenvalue weighted by Crippen LogP contribution is 2.36. The maximum absolute atomic E-state index is 10.9. The van der Waals surface area contributed by atoms with Crippen LogP contribution in [0.3, 0.4) is 0 Å². The van der Waals surface area contributed by atoms with E-state index in [4.69, 9.17) is 0 Å². The maximum Gasteiger partial charge on any atom is 0.270 e. The van der Waals surface area contributed by atoms with Gasteiger partial charge in [0.15, 0.2) is 0 Å². The topological polar surface area (TPSA) is 75.7 Å². The zero-order valence-corrected chi connectivity index (χ0v) is 12.8.